The summed E-state index contributed by atoms with van der Waals surface area (Å²) in [5.74, 6) is 1.23. The zero-order valence-corrected chi connectivity index (χ0v) is 19.7. The highest BCUT2D eigenvalue weighted by Gasteiger charge is 2.55. The van der Waals surface area contributed by atoms with Gasteiger partial charge in [-0.25, -0.2) is 4.90 Å². The van der Waals surface area contributed by atoms with Gasteiger partial charge in [-0.2, -0.15) is 10.1 Å². The molecule has 5 rings (SSSR count). The average Bonchev–Trinajstić information content (AvgIpc) is 3.56. The normalized spacial score (nSPS) is 19.1. The molecule has 0 radical (unpaired) electrons. The Morgan fingerprint density at radius 1 is 1.03 bits per heavy atom. The van der Waals surface area contributed by atoms with E-state index < -0.39 is 18.0 Å². The molecule has 2 atom stereocenters. The van der Waals surface area contributed by atoms with Crippen LogP contribution in [0, 0.1) is 0 Å². The minimum atomic E-state index is -0.906. The van der Waals surface area contributed by atoms with Crippen LogP contribution >= 0.6 is 0 Å². The van der Waals surface area contributed by atoms with Gasteiger partial charge in [-0.3, -0.25) is 14.6 Å². The lowest BCUT2D eigenvalue weighted by atomic mass is 10.0. The van der Waals surface area contributed by atoms with E-state index in [9.17, 15) is 9.59 Å². The fraction of sp³-hybridized carbons (Fsp3) is 0.333. The first kappa shape index (κ1) is 22.5. The summed E-state index contributed by atoms with van der Waals surface area (Å²) in [6, 6.07) is 10.9. The first-order valence-electron chi connectivity index (χ1n) is 11.1. The van der Waals surface area contributed by atoms with Gasteiger partial charge in [-0.15, -0.1) is 0 Å². The number of carbonyl (C=O) groups excluding carboxylic acids is 2. The molecule has 0 N–H and O–H groups in total. The van der Waals surface area contributed by atoms with Crippen LogP contribution < -0.4 is 14.4 Å². The molecule has 3 heterocycles. The molecule has 1 fully saturated rings. The molecule has 1 saturated heterocycles. The third kappa shape index (κ3) is 3.88. The molecule has 2 unspecified atom stereocenters. The van der Waals surface area contributed by atoms with Gasteiger partial charge < -0.3 is 14.0 Å². The molecule has 0 saturated carbocycles. The van der Waals surface area contributed by atoms with Crippen LogP contribution in [0.15, 0.2) is 57.3 Å². The van der Waals surface area contributed by atoms with Crippen molar-refractivity contribution in [2.75, 3.05) is 19.1 Å². The quantitative estimate of drug-likeness (QED) is 0.476. The number of anilines is 1. The Bertz CT molecular complexity index is 1300. The number of rotatable bonds is 7. The molecule has 1 aromatic heterocycles. The molecular weight excluding hydrogens is 452 g/mol. The smallest absolute Gasteiger partial charge is 0.263 e. The number of nitrogens with zero attached hydrogens (tertiary/aromatic N) is 6. The molecule has 2 aliphatic heterocycles. The summed E-state index contributed by atoms with van der Waals surface area (Å²) < 4.78 is 16.0. The van der Waals surface area contributed by atoms with E-state index in [-0.39, 0.29) is 18.3 Å². The highest BCUT2D eigenvalue weighted by Crippen LogP contribution is 2.34. The lowest BCUT2D eigenvalue weighted by Crippen LogP contribution is -2.39. The Morgan fingerprint density at radius 3 is 2.49 bits per heavy atom. The van der Waals surface area contributed by atoms with Crippen molar-refractivity contribution >= 4 is 17.5 Å². The third-order valence-electron chi connectivity index (χ3n) is 6.09. The largest absolute Gasteiger partial charge is 0.497 e. The van der Waals surface area contributed by atoms with Gasteiger partial charge >= 0.3 is 0 Å². The Kier molecular flexibility index (Phi) is 5.67. The standard InChI is InChI=1S/C24H24N6O5/c1-13(2)14-5-7-15(8-6-14)30-23(31)20-21(24(30)32)29(28-26-20)12-19-25-22(27-35-19)17-10-9-16(33-3)11-18(17)34-4/h5-11,13,20-21H,12H2,1-4H3. The van der Waals surface area contributed by atoms with Gasteiger partial charge in [0, 0.05) is 6.07 Å². The van der Waals surface area contributed by atoms with E-state index in [0.717, 1.165) is 5.56 Å². The molecule has 2 aliphatic rings. The van der Waals surface area contributed by atoms with E-state index in [2.05, 4.69) is 34.3 Å². The number of carbonyl (C=O) groups is 2. The van der Waals surface area contributed by atoms with Crippen LogP contribution in [0.3, 0.4) is 0 Å². The van der Waals surface area contributed by atoms with E-state index in [0.29, 0.717) is 34.5 Å². The maximum Gasteiger partial charge on any atom is 0.263 e. The van der Waals surface area contributed by atoms with Crippen LogP contribution in [-0.2, 0) is 16.1 Å². The van der Waals surface area contributed by atoms with Crippen molar-refractivity contribution in [3.63, 3.8) is 0 Å². The minimum Gasteiger partial charge on any atom is -0.497 e. The second kappa shape index (κ2) is 8.82. The Morgan fingerprint density at radius 2 is 1.80 bits per heavy atom. The summed E-state index contributed by atoms with van der Waals surface area (Å²) in [5, 5.41) is 13.5. The molecule has 11 heteroatoms. The summed E-state index contributed by atoms with van der Waals surface area (Å²) in [7, 11) is 3.10. The molecule has 180 valence electrons. The topological polar surface area (TPSA) is 123 Å². The van der Waals surface area contributed by atoms with Crippen LogP contribution in [0.2, 0.25) is 0 Å². The molecule has 0 aliphatic carbocycles. The van der Waals surface area contributed by atoms with Crippen molar-refractivity contribution in [2.45, 2.75) is 38.4 Å². The van der Waals surface area contributed by atoms with Gasteiger partial charge in [0.05, 0.1) is 25.5 Å². The van der Waals surface area contributed by atoms with Crippen molar-refractivity contribution in [2.24, 2.45) is 10.3 Å². The molecule has 35 heavy (non-hydrogen) atoms. The maximum absolute atomic E-state index is 13.2. The van der Waals surface area contributed by atoms with Crippen molar-refractivity contribution < 1.29 is 23.6 Å². The highest BCUT2D eigenvalue weighted by atomic mass is 16.5. The number of imide groups is 1. The number of amides is 2. The molecule has 11 nitrogen and oxygen atoms in total. The third-order valence-corrected chi connectivity index (χ3v) is 6.09. The summed E-state index contributed by atoms with van der Waals surface area (Å²) in [5.41, 5.74) is 2.25. The molecule has 3 aromatic rings. The van der Waals surface area contributed by atoms with E-state index in [4.69, 9.17) is 14.0 Å². The van der Waals surface area contributed by atoms with E-state index >= 15 is 0 Å². The molecule has 0 spiro atoms. The molecular formula is C24H24N6O5. The van der Waals surface area contributed by atoms with Crippen molar-refractivity contribution in [3.05, 3.63) is 53.9 Å². The van der Waals surface area contributed by atoms with Gasteiger partial charge in [-0.05, 0) is 35.7 Å². The first-order valence-corrected chi connectivity index (χ1v) is 11.1. The number of hydrogen-bond acceptors (Lipinski definition) is 10. The SMILES string of the molecule is COc1ccc(-c2noc(CN3N=NC4C(=O)N(c5ccc(C(C)C)cc5)C(=O)C43)n2)c(OC)c1. The zero-order chi connectivity index (χ0) is 24.7. The molecule has 0 bridgehead atoms. The lowest BCUT2D eigenvalue weighted by Gasteiger charge is -2.19. The number of methoxy groups -OCH3 is 2. The van der Waals surface area contributed by atoms with Crippen LogP contribution in [-0.4, -0.2) is 53.3 Å². The van der Waals surface area contributed by atoms with Crippen LogP contribution in [0.4, 0.5) is 5.69 Å². The minimum absolute atomic E-state index is 0.0231. The molecule has 2 amide bonds. The van der Waals surface area contributed by atoms with Crippen molar-refractivity contribution in [3.8, 4) is 22.9 Å². The Hall–Kier alpha value is -4.28. The monoisotopic (exact) mass is 476 g/mol. The Balaban J connectivity index is 1.34. The number of benzene rings is 2. The summed E-state index contributed by atoms with van der Waals surface area (Å²) >= 11 is 0. The summed E-state index contributed by atoms with van der Waals surface area (Å²) in [6.07, 6.45) is 0. The van der Waals surface area contributed by atoms with Gasteiger partial charge in [0.15, 0.2) is 12.1 Å². The lowest BCUT2D eigenvalue weighted by molar-refractivity contribution is -0.123. The van der Waals surface area contributed by atoms with E-state index in [1.807, 2.05) is 12.1 Å². The van der Waals surface area contributed by atoms with Crippen LogP contribution in [0.5, 0.6) is 11.5 Å². The molecule has 2 aromatic carbocycles. The Labute approximate surface area is 201 Å². The van der Waals surface area contributed by atoms with Gasteiger partial charge in [0.25, 0.3) is 11.8 Å². The van der Waals surface area contributed by atoms with E-state index in [1.165, 1.54) is 17.0 Å². The maximum atomic E-state index is 13.2. The van der Waals surface area contributed by atoms with Crippen molar-refractivity contribution in [1.82, 2.24) is 15.1 Å². The number of fused-ring (bicyclic) bond motifs is 1. The second-order valence-electron chi connectivity index (χ2n) is 8.53. The first-order chi connectivity index (χ1) is 16.9. The second-order valence-corrected chi connectivity index (χ2v) is 8.53. The van der Waals surface area contributed by atoms with Gasteiger partial charge in [-0.1, -0.05) is 36.4 Å². The van der Waals surface area contributed by atoms with E-state index in [1.54, 1.807) is 37.4 Å². The number of aromatic nitrogens is 2. The van der Waals surface area contributed by atoms with Gasteiger partial charge in [0.1, 0.15) is 18.0 Å². The number of ether oxygens (including phenoxy) is 2. The predicted octanol–water partition coefficient (Wildman–Crippen LogP) is 3.37. The number of hydrogen-bond donors (Lipinski definition) is 0. The summed E-state index contributed by atoms with van der Waals surface area (Å²) in [6.45, 7) is 4.18. The van der Waals surface area contributed by atoms with Crippen LogP contribution in [0.25, 0.3) is 11.4 Å². The fourth-order valence-corrected chi connectivity index (χ4v) is 4.17. The fourth-order valence-electron chi connectivity index (χ4n) is 4.17. The zero-order valence-electron chi connectivity index (χ0n) is 19.7. The predicted molar refractivity (Wildman–Crippen MR) is 124 cm³/mol. The summed E-state index contributed by atoms with van der Waals surface area (Å²) in [4.78, 5) is 31.8. The highest BCUT2D eigenvalue weighted by molar-refractivity contribution is 6.25. The van der Waals surface area contributed by atoms with Gasteiger partial charge in [0.2, 0.25) is 11.7 Å². The van der Waals surface area contributed by atoms with Crippen molar-refractivity contribution in [1.29, 1.82) is 0 Å². The van der Waals surface area contributed by atoms with Crippen LogP contribution in [0.1, 0.15) is 31.2 Å². The average molecular weight is 476 g/mol.